The molecule has 1 aliphatic rings. The number of hydrogen-bond donors (Lipinski definition) is 0. The van der Waals surface area contributed by atoms with Gasteiger partial charge in [-0.1, -0.05) is 158 Å². The number of furan rings is 1. The van der Waals surface area contributed by atoms with E-state index < -0.39 is 5.41 Å². The highest BCUT2D eigenvalue weighted by Crippen LogP contribution is 2.55. The van der Waals surface area contributed by atoms with Crippen LogP contribution in [0.15, 0.2) is 186 Å². The summed E-state index contributed by atoms with van der Waals surface area (Å²) in [7, 11) is 0. The van der Waals surface area contributed by atoms with E-state index in [-0.39, 0.29) is 0 Å². The molecule has 1 aliphatic heterocycles. The predicted molar refractivity (Wildman–Crippen MR) is 200 cm³/mol. The van der Waals surface area contributed by atoms with Gasteiger partial charge in [-0.3, -0.25) is 0 Å². The first kappa shape index (κ1) is 27.7. The Balaban J connectivity index is 1.10. The van der Waals surface area contributed by atoms with Crippen LogP contribution in [0.3, 0.4) is 0 Å². The highest BCUT2D eigenvalue weighted by molar-refractivity contribution is 6.19. The van der Waals surface area contributed by atoms with Gasteiger partial charge >= 0.3 is 0 Å². The second-order valence-electron chi connectivity index (χ2n) is 12.8. The molecule has 8 aromatic carbocycles. The third-order valence-electron chi connectivity index (χ3n) is 10.2. The molecular weight excluding hydrogens is 597 g/mol. The van der Waals surface area contributed by atoms with Crippen molar-refractivity contribution < 1.29 is 9.15 Å². The SMILES string of the molecule is c1ccc(C2(c3ccccc3)c3ccccc3Oc3cc(-c4ccc(-c5cccc6oc7c8ccccc8ccc7c56)cc4)ccc32)cc1. The summed E-state index contributed by atoms with van der Waals surface area (Å²) in [5, 5.41) is 4.61. The van der Waals surface area contributed by atoms with E-state index in [4.69, 9.17) is 9.15 Å². The molecule has 0 aliphatic carbocycles. The summed E-state index contributed by atoms with van der Waals surface area (Å²) < 4.78 is 13.2. The van der Waals surface area contributed by atoms with Gasteiger partial charge in [-0.25, -0.2) is 0 Å². The number of fused-ring (bicyclic) bond motifs is 7. The summed E-state index contributed by atoms with van der Waals surface area (Å²) >= 11 is 0. The zero-order valence-corrected chi connectivity index (χ0v) is 26.6. The van der Waals surface area contributed by atoms with Gasteiger partial charge in [-0.05, 0) is 63.0 Å². The molecule has 2 nitrogen and oxygen atoms in total. The number of ether oxygens (including phenoxy) is 1. The van der Waals surface area contributed by atoms with E-state index in [9.17, 15) is 0 Å². The summed E-state index contributed by atoms with van der Waals surface area (Å²) in [6.07, 6.45) is 0. The Bertz CT molecular complexity index is 2630. The number of hydrogen-bond acceptors (Lipinski definition) is 2. The average molecular weight is 627 g/mol. The van der Waals surface area contributed by atoms with Gasteiger partial charge < -0.3 is 9.15 Å². The Morgan fingerprint density at radius 1 is 0.408 bits per heavy atom. The highest BCUT2D eigenvalue weighted by atomic mass is 16.5. The maximum Gasteiger partial charge on any atom is 0.143 e. The summed E-state index contributed by atoms with van der Waals surface area (Å²) in [5.41, 5.74) is 10.6. The molecule has 0 amide bonds. The van der Waals surface area contributed by atoms with Crippen molar-refractivity contribution in [1.29, 1.82) is 0 Å². The van der Waals surface area contributed by atoms with Crippen molar-refractivity contribution in [2.24, 2.45) is 0 Å². The molecule has 10 rings (SSSR count). The van der Waals surface area contributed by atoms with Crippen LogP contribution in [0.4, 0.5) is 0 Å². The second-order valence-corrected chi connectivity index (χ2v) is 12.8. The van der Waals surface area contributed by atoms with Gasteiger partial charge in [0, 0.05) is 27.3 Å². The summed E-state index contributed by atoms with van der Waals surface area (Å²) in [6.45, 7) is 0. The van der Waals surface area contributed by atoms with E-state index in [1.807, 2.05) is 0 Å². The molecule has 0 atom stereocenters. The largest absolute Gasteiger partial charge is 0.457 e. The zero-order valence-electron chi connectivity index (χ0n) is 26.6. The molecule has 0 spiro atoms. The van der Waals surface area contributed by atoms with Crippen LogP contribution < -0.4 is 4.74 Å². The monoisotopic (exact) mass is 626 g/mol. The van der Waals surface area contributed by atoms with Crippen LogP contribution in [0.5, 0.6) is 11.5 Å². The van der Waals surface area contributed by atoms with Crippen LogP contribution in [0.1, 0.15) is 22.3 Å². The Hall–Kier alpha value is -6.38. The minimum absolute atomic E-state index is 0.521. The number of rotatable bonds is 4. The van der Waals surface area contributed by atoms with Crippen LogP contribution in [-0.2, 0) is 5.41 Å². The van der Waals surface area contributed by atoms with Gasteiger partial charge in [0.1, 0.15) is 22.7 Å². The first-order chi connectivity index (χ1) is 24.3. The molecule has 9 aromatic rings. The Morgan fingerprint density at radius 3 is 1.86 bits per heavy atom. The van der Waals surface area contributed by atoms with Crippen LogP contribution in [-0.4, -0.2) is 0 Å². The Morgan fingerprint density at radius 2 is 1.06 bits per heavy atom. The molecule has 0 saturated carbocycles. The van der Waals surface area contributed by atoms with Crippen molar-refractivity contribution in [3.05, 3.63) is 204 Å². The van der Waals surface area contributed by atoms with Gasteiger partial charge in [-0.15, -0.1) is 0 Å². The molecule has 230 valence electrons. The summed E-state index contributed by atoms with van der Waals surface area (Å²) in [4.78, 5) is 0. The van der Waals surface area contributed by atoms with Crippen molar-refractivity contribution in [3.63, 3.8) is 0 Å². The molecule has 0 saturated heterocycles. The molecular formula is C47H30O2. The van der Waals surface area contributed by atoms with Crippen molar-refractivity contribution in [1.82, 2.24) is 0 Å². The molecule has 0 fully saturated rings. The van der Waals surface area contributed by atoms with Crippen LogP contribution in [0.2, 0.25) is 0 Å². The first-order valence-corrected chi connectivity index (χ1v) is 16.8. The van der Waals surface area contributed by atoms with Crippen molar-refractivity contribution >= 4 is 32.7 Å². The molecule has 0 unspecified atom stereocenters. The lowest BCUT2D eigenvalue weighted by molar-refractivity contribution is 0.435. The van der Waals surface area contributed by atoms with Crippen molar-refractivity contribution in [3.8, 4) is 33.8 Å². The normalized spacial score (nSPS) is 13.2. The minimum Gasteiger partial charge on any atom is -0.457 e. The Labute approximate surface area is 284 Å². The topological polar surface area (TPSA) is 22.4 Å². The van der Waals surface area contributed by atoms with E-state index >= 15 is 0 Å². The lowest BCUT2D eigenvalue weighted by Crippen LogP contribution is -2.34. The van der Waals surface area contributed by atoms with E-state index in [1.165, 1.54) is 22.1 Å². The molecule has 2 heteroatoms. The fourth-order valence-corrected chi connectivity index (χ4v) is 8.03. The summed E-state index contributed by atoms with van der Waals surface area (Å²) in [5.74, 6) is 1.75. The van der Waals surface area contributed by atoms with E-state index in [0.717, 1.165) is 66.6 Å². The van der Waals surface area contributed by atoms with Crippen molar-refractivity contribution in [2.75, 3.05) is 0 Å². The second kappa shape index (κ2) is 10.8. The van der Waals surface area contributed by atoms with Gasteiger partial charge in [0.15, 0.2) is 0 Å². The lowest BCUT2D eigenvalue weighted by atomic mass is 9.63. The highest BCUT2D eigenvalue weighted by Gasteiger charge is 2.45. The molecule has 0 bridgehead atoms. The van der Waals surface area contributed by atoms with E-state index in [2.05, 4.69) is 182 Å². The maximum absolute atomic E-state index is 6.73. The Kier molecular flexibility index (Phi) is 6.13. The predicted octanol–water partition coefficient (Wildman–Crippen LogP) is 12.6. The number of benzene rings is 8. The van der Waals surface area contributed by atoms with Gasteiger partial charge in [-0.2, -0.15) is 0 Å². The lowest BCUT2D eigenvalue weighted by Gasteiger charge is -2.41. The average Bonchev–Trinajstić information content (AvgIpc) is 3.57. The molecule has 2 heterocycles. The molecule has 49 heavy (non-hydrogen) atoms. The third kappa shape index (κ3) is 4.14. The summed E-state index contributed by atoms with van der Waals surface area (Å²) in [6, 6.07) is 64.8. The van der Waals surface area contributed by atoms with E-state index in [0.29, 0.717) is 0 Å². The van der Waals surface area contributed by atoms with Crippen LogP contribution in [0.25, 0.3) is 55.0 Å². The van der Waals surface area contributed by atoms with Gasteiger partial charge in [0.05, 0.1) is 5.41 Å². The first-order valence-electron chi connectivity index (χ1n) is 16.8. The quantitative estimate of drug-likeness (QED) is 0.194. The van der Waals surface area contributed by atoms with Crippen LogP contribution in [0, 0.1) is 0 Å². The third-order valence-corrected chi connectivity index (χ3v) is 10.2. The molecule has 0 N–H and O–H groups in total. The molecule has 0 radical (unpaired) electrons. The maximum atomic E-state index is 6.73. The van der Waals surface area contributed by atoms with Gasteiger partial charge in [0.25, 0.3) is 0 Å². The number of para-hydroxylation sites is 1. The molecule has 1 aromatic heterocycles. The standard InChI is InChI=1S/C47H30O2/c1-3-13-35(14-4-1)47(36-15-5-2-6-16-36)40-19-9-10-20-42(40)48-44-30-34(27-29-41(44)47)31-22-24-33(25-23-31)37-18-11-21-43-45(37)39-28-26-32-12-7-8-17-38(32)46(39)49-43/h1-30H. The smallest absolute Gasteiger partial charge is 0.143 e. The fraction of sp³-hybridized carbons (Fsp3) is 0.0213. The fourth-order valence-electron chi connectivity index (χ4n) is 8.03. The van der Waals surface area contributed by atoms with Crippen molar-refractivity contribution in [2.45, 2.75) is 5.41 Å². The van der Waals surface area contributed by atoms with E-state index in [1.54, 1.807) is 0 Å². The van der Waals surface area contributed by atoms with Crippen LogP contribution >= 0.6 is 0 Å². The minimum atomic E-state index is -0.521. The van der Waals surface area contributed by atoms with Gasteiger partial charge in [0.2, 0.25) is 0 Å². The zero-order chi connectivity index (χ0) is 32.4.